The van der Waals surface area contributed by atoms with Crippen molar-refractivity contribution in [3.05, 3.63) is 35.9 Å². The number of quaternary nitrogens is 1. The first-order valence-corrected chi connectivity index (χ1v) is 10.8. The van der Waals surface area contributed by atoms with Gasteiger partial charge in [-0.1, -0.05) is 36.8 Å². The van der Waals surface area contributed by atoms with E-state index in [2.05, 4.69) is 14.1 Å². The van der Waals surface area contributed by atoms with E-state index in [1.807, 2.05) is 0 Å². The van der Waals surface area contributed by atoms with E-state index >= 15 is 0 Å². The molecule has 1 aromatic rings. The normalized spacial score (nSPS) is 34.9. The van der Waals surface area contributed by atoms with Crippen LogP contribution in [-0.2, 0) is 15.1 Å². The number of rotatable bonds is 4. The molecule has 5 atom stereocenters. The Morgan fingerprint density at radius 2 is 1.90 bits per heavy atom. The lowest BCUT2D eigenvalue weighted by molar-refractivity contribution is -0.908. The second kappa shape index (κ2) is 7.31. The Morgan fingerprint density at radius 3 is 2.52 bits per heavy atom. The molecule has 2 aliphatic carbocycles. The van der Waals surface area contributed by atoms with Crippen LogP contribution in [0.15, 0.2) is 30.3 Å². The minimum Gasteiger partial charge on any atom is -0.453 e. The maximum atomic E-state index is 14.4. The van der Waals surface area contributed by atoms with E-state index in [1.54, 1.807) is 30.3 Å². The fraction of sp³-hybridized carbons (Fsp3) is 0.696. The van der Waals surface area contributed by atoms with Gasteiger partial charge in [0.1, 0.15) is 6.04 Å². The van der Waals surface area contributed by atoms with Crippen molar-refractivity contribution < 1.29 is 27.9 Å². The zero-order valence-corrected chi connectivity index (χ0v) is 17.3. The first-order chi connectivity index (χ1) is 13.6. The predicted octanol–water partition coefficient (Wildman–Crippen LogP) is 3.87. The second-order valence-corrected chi connectivity index (χ2v) is 9.87. The number of fused-ring (bicyclic) bond motifs is 2. The number of carbonyl (C=O) groups is 1. The van der Waals surface area contributed by atoms with Crippen LogP contribution in [0, 0.1) is 11.8 Å². The van der Waals surface area contributed by atoms with Gasteiger partial charge in [-0.2, -0.15) is 0 Å². The van der Waals surface area contributed by atoms with Crippen molar-refractivity contribution in [2.45, 2.75) is 68.6 Å². The summed E-state index contributed by atoms with van der Waals surface area (Å²) in [5.74, 6) is -4.23. The molecule has 1 N–H and O–H groups in total. The highest BCUT2D eigenvalue weighted by molar-refractivity contribution is 5.82. The van der Waals surface area contributed by atoms with Crippen LogP contribution >= 0.6 is 0 Å². The molecule has 1 saturated heterocycles. The molecular formula is C23H32F2NO3+. The fourth-order valence-electron chi connectivity index (χ4n) is 6.01. The van der Waals surface area contributed by atoms with E-state index in [0.29, 0.717) is 24.8 Å². The molecule has 0 amide bonds. The van der Waals surface area contributed by atoms with E-state index in [-0.39, 0.29) is 24.5 Å². The molecule has 2 unspecified atom stereocenters. The van der Waals surface area contributed by atoms with Crippen LogP contribution in [0.2, 0.25) is 0 Å². The Kier molecular flexibility index (Phi) is 5.23. The van der Waals surface area contributed by atoms with Crippen molar-refractivity contribution >= 4 is 5.97 Å². The number of likely N-dealkylation sites (N-methyl/N-ethyl adjacent to an activating group) is 1. The third-order valence-electron chi connectivity index (χ3n) is 7.53. The summed E-state index contributed by atoms with van der Waals surface area (Å²) in [6.45, 7) is 0.938. The van der Waals surface area contributed by atoms with Crippen LogP contribution in [0.1, 0.15) is 50.5 Å². The topological polar surface area (TPSA) is 46.5 Å². The molecule has 4 nitrogen and oxygen atoms in total. The quantitative estimate of drug-likeness (QED) is 0.467. The zero-order chi connectivity index (χ0) is 20.9. The number of esters is 1. The van der Waals surface area contributed by atoms with E-state index in [9.17, 15) is 18.7 Å². The molecule has 3 aliphatic rings. The Balaban J connectivity index is 1.65. The maximum Gasteiger partial charge on any atom is 0.343 e. The average Bonchev–Trinajstić information content (AvgIpc) is 3.08. The summed E-state index contributed by atoms with van der Waals surface area (Å²) in [5.41, 5.74) is -1.69. The minimum absolute atomic E-state index is 0.193. The number of likely N-dealkylation sites (tertiary alicyclic amines) is 1. The lowest BCUT2D eigenvalue weighted by Crippen LogP contribution is -2.50. The highest BCUT2D eigenvalue weighted by atomic mass is 19.3. The number of hydrogen-bond donors (Lipinski definition) is 1. The van der Waals surface area contributed by atoms with Crippen LogP contribution in [0.5, 0.6) is 0 Å². The van der Waals surface area contributed by atoms with Gasteiger partial charge in [0.15, 0.2) is 11.7 Å². The Morgan fingerprint density at radius 1 is 1.17 bits per heavy atom. The van der Waals surface area contributed by atoms with E-state index in [0.717, 1.165) is 23.9 Å². The molecule has 6 heteroatoms. The maximum absolute atomic E-state index is 14.4. The molecule has 4 rings (SSSR count). The lowest BCUT2D eigenvalue weighted by Gasteiger charge is -2.37. The average molecular weight is 409 g/mol. The zero-order valence-electron chi connectivity index (χ0n) is 17.3. The number of carbonyl (C=O) groups excluding carboxylic acids is 1. The van der Waals surface area contributed by atoms with Gasteiger partial charge in [0.2, 0.25) is 5.92 Å². The largest absolute Gasteiger partial charge is 0.453 e. The van der Waals surface area contributed by atoms with Gasteiger partial charge in [-0.15, -0.1) is 0 Å². The van der Waals surface area contributed by atoms with Crippen LogP contribution in [0.4, 0.5) is 8.78 Å². The van der Waals surface area contributed by atoms with Crippen molar-refractivity contribution in [2.75, 3.05) is 20.6 Å². The monoisotopic (exact) mass is 408 g/mol. The van der Waals surface area contributed by atoms with E-state index < -0.39 is 29.8 Å². The van der Waals surface area contributed by atoms with Gasteiger partial charge in [-0.05, 0) is 24.8 Å². The van der Waals surface area contributed by atoms with Gasteiger partial charge in [-0.3, -0.25) is 0 Å². The molecular weight excluding hydrogens is 376 g/mol. The third kappa shape index (κ3) is 3.70. The first-order valence-electron chi connectivity index (χ1n) is 10.8. The molecule has 160 valence electrons. The molecule has 0 spiro atoms. The number of nitrogens with zero attached hydrogens (tertiary/aromatic N) is 1. The first kappa shape index (κ1) is 20.7. The number of alkyl halides is 2. The second-order valence-electron chi connectivity index (χ2n) is 9.87. The molecule has 1 aliphatic heterocycles. The summed E-state index contributed by atoms with van der Waals surface area (Å²) in [7, 11) is 4.28. The van der Waals surface area contributed by atoms with Crippen molar-refractivity contribution in [1.82, 2.24) is 0 Å². The summed E-state index contributed by atoms with van der Waals surface area (Å²) in [6.07, 6.45) is 2.42. The lowest BCUT2D eigenvalue weighted by atomic mass is 9.76. The Bertz CT molecular complexity index is 754. The molecule has 1 aromatic carbocycles. The Hall–Kier alpha value is -1.53. The summed E-state index contributed by atoms with van der Waals surface area (Å²) in [4.78, 5) is 13.4. The molecule has 2 saturated carbocycles. The fourth-order valence-corrected chi connectivity index (χ4v) is 6.01. The number of benzene rings is 1. The molecule has 2 bridgehead atoms. The van der Waals surface area contributed by atoms with Gasteiger partial charge < -0.3 is 14.3 Å². The minimum atomic E-state index is -2.88. The van der Waals surface area contributed by atoms with Crippen molar-refractivity contribution in [3.63, 3.8) is 0 Å². The van der Waals surface area contributed by atoms with E-state index in [4.69, 9.17) is 4.74 Å². The number of hydrogen-bond acceptors (Lipinski definition) is 3. The molecule has 29 heavy (non-hydrogen) atoms. The molecule has 3 fully saturated rings. The SMILES string of the molecule is C[N+]1(C)CC2CC[C@H]1C2OC(=O)[C@](O)(c1ccccc1)[C@H]1CCCCC(F)(F)C1. The van der Waals surface area contributed by atoms with Gasteiger partial charge in [-0.25, -0.2) is 13.6 Å². The highest BCUT2D eigenvalue weighted by Crippen LogP contribution is 2.47. The summed E-state index contributed by atoms with van der Waals surface area (Å²) in [6, 6.07) is 8.73. The number of aliphatic hydroxyl groups is 1. The summed E-state index contributed by atoms with van der Waals surface area (Å²) < 4.78 is 35.6. The highest BCUT2D eigenvalue weighted by Gasteiger charge is 2.59. The molecule has 1 heterocycles. The van der Waals surface area contributed by atoms with Crippen LogP contribution in [0.3, 0.4) is 0 Å². The van der Waals surface area contributed by atoms with Gasteiger partial charge in [0.25, 0.3) is 0 Å². The van der Waals surface area contributed by atoms with Crippen LogP contribution in [-0.4, -0.2) is 54.3 Å². The Labute approximate surface area is 171 Å². The summed E-state index contributed by atoms with van der Waals surface area (Å²) in [5, 5.41) is 11.7. The summed E-state index contributed by atoms with van der Waals surface area (Å²) >= 11 is 0. The number of ether oxygens (including phenoxy) is 1. The number of halogens is 2. The van der Waals surface area contributed by atoms with Gasteiger partial charge >= 0.3 is 5.97 Å². The van der Waals surface area contributed by atoms with Crippen molar-refractivity contribution in [3.8, 4) is 0 Å². The van der Waals surface area contributed by atoms with Gasteiger partial charge in [0.05, 0.1) is 26.6 Å². The van der Waals surface area contributed by atoms with Crippen LogP contribution in [0.25, 0.3) is 0 Å². The standard InChI is InChI=1S/C23H32F2NO3/c1-26(2)15-16-11-12-19(26)20(16)29-21(27)23(28,17-8-4-3-5-9-17)18-10-6-7-13-22(24,25)14-18/h3-5,8-9,16,18-20,28H,6-7,10-15H2,1-2H3/q+1/t16?,18-,19-,20?,23-/m0/s1. The molecule has 0 radical (unpaired) electrons. The number of piperidine rings is 1. The van der Waals surface area contributed by atoms with Crippen molar-refractivity contribution in [1.29, 1.82) is 0 Å². The third-order valence-corrected chi connectivity index (χ3v) is 7.53. The predicted molar refractivity (Wildman–Crippen MR) is 105 cm³/mol. The smallest absolute Gasteiger partial charge is 0.343 e. The van der Waals surface area contributed by atoms with Gasteiger partial charge in [0, 0.05) is 25.2 Å². The van der Waals surface area contributed by atoms with Crippen molar-refractivity contribution in [2.24, 2.45) is 11.8 Å². The van der Waals surface area contributed by atoms with E-state index in [1.165, 1.54) is 0 Å². The molecule has 0 aromatic heterocycles. The van der Waals surface area contributed by atoms with Crippen LogP contribution < -0.4 is 0 Å².